The largest absolute Gasteiger partial charge is 0.289 e. The van der Waals surface area contributed by atoms with Crippen molar-refractivity contribution in [1.29, 1.82) is 0 Å². The van der Waals surface area contributed by atoms with E-state index in [0.717, 1.165) is 11.3 Å². The molecule has 2 aromatic rings. The van der Waals surface area contributed by atoms with E-state index in [9.17, 15) is 4.79 Å². The number of nitrogens with one attached hydrogen (secondary N) is 1. The highest BCUT2D eigenvalue weighted by molar-refractivity contribution is 6.35. The summed E-state index contributed by atoms with van der Waals surface area (Å²) < 4.78 is 0. The van der Waals surface area contributed by atoms with Crippen molar-refractivity contribution < 1.29 is 4.79 Å². The van der Waals surface area contributed by atoms with E-state index in [0.29, 0.717) is 10.0 Å². The van der Waals surface area contributed by atoms with Gasteiger partial charge in [0.1, 0.15) is 0 Å². The van der Waals surface area contributed by atoms with Gasteiger partial charge in [0.25, 0.3) is 0 Å². The molecule has 0 aliphatic carbocycles. The average molecular weight is 309 g/mol. The van der Waals surface area contributed by atoms with E-state index in [1.807, 2.05) is 30.3 Å². The van der Waals surface area contributed by atoms with E-state index < -0.39 is 0 Å². The second-order valence-electron chi connectivity index (χ2n) is 4.34. The van der Waals surface area contributed by atoms with Crippen molar-refractivity contribution in [3.05, 3.63) is 64.1 Å². The van der Waals surface area contributed by atoms with Gasteiger partial charge in [-0.15, -0.1) is 0 Å². The monoisotopic (exact) mass is 308 g/mol. The Bertz CT molecular complexity index is 602. The summed E-state index contributed by atoms with van der Waals surface area (Å²) in [5.74, 6) is -0.138. The third-order valence-electron chi connectivity index (χ3n) is 2.80. The smallest absolute Gasteiger partial charge is 0.242 e. The van der Waals surface area contributed by atoms with Crippen molar-refractivity contribution >= 4 is 34.8 Å². The van der Waals surface area contributed by atoms with Gasteiger partial charge in [-0.2, -0.15) is 0 Å². The van der Waals surface area contributed by atoms with E-state index in [4.69, 9.17) is 23.2 Å². The van der Waals surface area contributed by atoms with Crippen LogP contribution in [0.25, 0.3) is 0 Å². The standard InChI is InChI=1S/C15H14Cl2N2O/c1-19(13-5-3-2-4-6-13)18-15(20)9-11-7-8-12(16)10-14(11)17/h2-8,10H,9H2,1H3,(H,18,20). The SMILES string of the molecule is CN(NC(=O)Cc1ccc(Cl)cc1Cl)c1ccccc1. The number of hydrogen-bond acceptors (Lipinski definition) is 2. The fourth-order valence-electron chi connectivity index (χ4n) is 1.78. The minimum absolute atomic E-state index is 0.138. The van der Waals surface area contributed by atoms with Crippen molar-refractivity contribution in [2.45, 2.75) is 6.42 Å². The number of benzene rings is 2. The molecule has 0 spiro atoms. The first-order valence-corrected chi connectivity index (χ1v) is 6.84. The summed E-state index contributed by atoms with van der Waals surface area (Å²) >= 11 is 11.9. The Balaban J connectivity index is 1.99. The van der Waals surface area contributed by atoms with Crippen LogP contribution in [-0.4, -0.2) is 13.0 Å². The van der Waals surface area contributed by atoms with E-state index in [-0.39, 0.29) is 12.3 Å². The third-order valence-corrected chi connectivity index (χ3v) is 3.39. The molecule has 0 aromatic heterocycles. The summed E-state index contributed by atoms with van der Waals surface area (Å²) in [6.07, 6.45) is 0.202. The van der Waals surface area contributed by atoms with Gasteiger partial charge in [-0.25, -0.2) is 0 Å². The molecule has 0 heterocycles. The molecule has 0 unspecified atom stereocenters. The zero-order valence-corrected chi connectivity index (χ0v) is 12.4. The van der Waals surface area contributed by atoms with Crippen molar-refractivity contribution in [3.8, 4) is 0 Å². The molecule has 1 N–H and O–H groups in total. The maximum Gasteiger partial charge on any atom is 0.242 e. The predicted octanol–water partition coefficient (Wildman–Crippen LogP) is 3.70. The molecule has 0 aliphatic rings. The molecule has 5 heteroatoms. The number of halogens is 2. The Morgan fingerprint density at radius 2 is 1.85 bits per heavy atom. The quantitative estimate of drug-likeness (QED) is 0.873. The minimum atomic E-state index is -0.138. The maximum absolute atomic E-state index is 12.0. The first-order valence-electron chi connectivity index (χ1n) is 6.08. The molecule has 0 fully saturated rings. The maximum atomic E-state index is 12.0. The van der Waals surface area contributed by atoms with E-state index in [1.54, 1.807) is 30.3 Å². The molecule has 0 saturated heterocycles. The fourth-order valence-corrected chi connectivity index (χ4v) is 2.26. The van der Waals surface area contributed by atoms with Crippen LogP contribution in [0.5, 0.6) is 0 Å². The Labute approximate surface area is 128 Å². The first-order chi connectivity index (χ1) is 9.56. The number of amides is 1. The van der Waals surface area contributed by atoms with E-state index in [1.165, 1.54) is 0 Å². The Kier molecular flexibility index (Phi) is 4.88. The first kappa shape index (κ1) is 14.7. The molecule has 2 aromatic carbocycles. The molecule has 3 nitrogen and oxygen atoms in total. The van der Waals surface area contributed by atoms with Crippen LogP contribution in [0.2, 0.25) is 10.0 Å². The summed E-state index contributed by atoms with van der Waals surface area (Å²) in [6, 6.07) is 14.7. The molecule has 2 rings (SSSR count). The number of carbonyl (C=O) groups excluding carboxylic acids is 1. The number of para-hydroxylation sites is 1. The van der Waals surface area contributed by atoms with E-state index >= 15 is 0 Å². The second-order valence-corrected chi connectivity index (χ2v) is 5.19. The van der Waals surface area contributed by atoms with Crippen LogP contribution in [0.1, 0.15) is 5.56 Å². The molecule has 20 heavy (non-hydrogen) atoms. The normalized spacial score (nSPS) is 10.2. The van der Waals surface area contributed by atoms with Crippen LogP contribution in [0.3, 0.4) is 0 Å². The zero-order chi connectivity index (χ0) is 14.5. The Morgan fingerprint density at radius 3 is 2.50 bits per heavy atom. The topological polar surface area (TPSA) is 32.3 Å². The third kappa shape index (κ3) is 3.89. The number of anilines is 1. The Morgan fingerprint density at radius 1 is 1.15 bits per heavy atom. The molecule has 104 valence electrons. The number of hydrazine groups is 1. The highest BCUT2D eigenvalue weighted by Crippen LogP contribution is 2.21. The molecule has 0 atom stereocenters. The van der Waals surface area contributed by atoms with E-state index in [2.05, 4.69) is 5.43 Å². The predicted molar refractivity (Wildman–Crippen MR) is 83.2 cm³/mol. The zero-order valence-electron chi connectivity index (χ0n) is 10.9. The van der Waals surface area contributed by atoms with Crippen LogP contribution in [0.15, 0.2) is 48.5 Å². The van der Waals surface area contributed by atoms with Crippen molar-refractivity contribution in [2.75, 3.05) is 12.1 Å². The lowest BCUT2D eigenvalue weighted by Gasteiger charge is -2.20. The lowest BCUT2D eigenvalue weighted by molar-refractivity contribution is -0.120. The molecule has 0 saturated carbocycles. The Hall–Kier alpha value is -1.71. The van der Waals surface area contributed by atoms with Gasteiger partial charge in [0.2, 0.25) is 5.91 Å². The molecule has 0 aliphatic heterocycles. The highest BCUT2D eigenvalue weighted by Gasteiger charge is 2.09. The van der Waals surface area contributed by atoms with Crippen molar-refractivity contribution in [1.82, 2.24) is 5.43 Å². The van der Waals surface area contributed by atoms with Gasteiger partial charge in [0.15, 0.2) is 0 Å². The van der Waals surface area contributed by atoms with Gasteiger partial charge in [-0.3, -0.25) is 15.2 Å². The summed E-state index contributed by atoms with van der Waals surface area (Å²) in [5, 5.41) is 2.72. The molecule has 0 bridgehead atoms. The molecular weight excluding hydrogens is 295 g/mol. The fraction of sp³-hybridized carbons (Fsp3) is 0.133. The summed E-state index contributed by atoms with van der Waals surface area (Å²) in [5.41, 5.74) is 4.44. The number of rotatable bonds is 4. The summed E-state index contributed by atoms with van der Waals surface area (Å²) in [6.45, 7) is 0. The summed E-state index contributed by atoms with van der Waals surface area (Å²) in [4.78, 5) is 12.0. The molecule has 0 radical (unpaired) electrons. The minimum Gasteiger partial charge on any atom is -0.289 e. The van der Waals surface area contributed by atoms with Gasteiger partial charge >= 0.3 is 0 Å². The lowest BCUT2D eigenvalue weighted by Crippen LogP contribution is -2.40. The van der Waals surface area contributed by atoms with Crippen LogP contribution < -0.4 is 10.4 Å². The number of hydrogen-bond donors (Lipinski definition) is 1. The van der Waals surface area contributed by atoms with Gasteiger partial charge in [-0.05, 0) is 29.8 Å². The lowest BCUT2D eigenvalue weighted by atomic mass is 10.1. The van der Waals surface area contributed by atoms with Crippen LogP contribution >= 0.6 is 23.2 Å². The average Bonchev–Trinajstić information content (AvgIpc) is 2.43. The van der Waals surface area contributed by atoms with Crippen LogP contribution in [-0.2, 0) is 11.2 Å². The number of carbonyl (C=O) groups is 1. The van der Waals surface area contributed by atoms with Gasteiger partial charge in [0.05, 0.1) is 12.1 Å². The van der Waals surface area contributed by atoms with Gasteiger partial charge in [0, 0.05) is 17.1 Å². The van der Waals surface area contributed by atoms with Crippen LogP contribution in [0, 0.1) is 0 Å². The highest BCUT2D eigenvalue weighted by atomic mass is 35.5. The molecule has 1 amide bonds. The van der Waals surface area contributed by atoms with Crippen molar-refractivity contribution in [3.63, 3.8) is 0 Å². The molecular formula is C15H14Cl2N2O. The number of nitrogens with zero attached hydrogens (tertiary/aromatic N) is 1. The van der Waals surface area contributed by atoms with Crippen molar-refractivity contribution in [2.24, 2.45) is 0 Å². The second kappa shape index (κ2) is 6.64. The van der Waals surface area contributed by atoms with Crippen LogP contribution in [0.4, 0.5) is 5.69 Å². The van der Waals surface area contributed by atoms with Gasteiger partial charge < -0.3 is 0 Å². The van der Waals surface area contributed by atoms with Gasteiger partial charge in [-0.1, -0.05) is 47.5 Å². The summed E-state index contributed by atoms with van der Waals surface area (Å²) in [7, 11) is 1.79.